The summed E-state index contributed by atoms with van der Waals surface area (Å²) in [6.45, 7) is 5.69. The van der Waals surface area contributed by atoms with Crippen LogP contribution in [0.15, 0.2) is 66.7 Å². The van der Waals surface area contributed by atoms with Crippen LogP contribution in [0.1, 0.15) is 44.2 Å². The molecule has 0 unspecified atom stereocenters. The Morgan fingerprint density at radius 2 is 1.57 bits per heavy atom. The Morgan fingerprint density at radius 3 is 2.18 bits per heavy atom. The van der Waals surface area contributed by atoms with Gasteiger partial charge in [0.2, 0.25) is 15.9 Å². The molecule has 0 radical (unpaired) electrons. The number of sulfonamides is 1. The average molecular weight is 619 g/mol. The number of carbonyl (C=O) groups excluding carboxylic acids is 2. The summed E-state index contributed by atoms with van der Waals surface area (Å²) in [5.41, 5.74) is 4.09. The molecule has 0 spiro atoms. The van der Waals surface area contributed by atoms with Crippen molar-refractivity contribution in [2.24, 2.45) is 0 Å². The van der Waals surface area contributed by atoms with Crippen LogP contribution >= 0.6 is 0 Å². The van der Waals surface area contributed by atoms with Crippen LogP contribution in [-0.2, 0) is 19.6 Å². The third kappa shape index (κ3) is 6.83. The van der Waals surface area contributed by atoms with Crippen LogP contribution < -0.4 is 24.4 Å². The fraction of sp³-hybridized carbons (Fsp3) is 0.333. The molecule has 0 saturated carbocycles. The Kier molecular flexibility index (Phi) is 9.43. The van der Waals surface area contributed by atoms with Gasteiger partial charge in [0.05, 0.1) is 42.1 Å². The second kappa shape index (κ2) is 13.4. The number of likely N-dealkylation sites (tertiary alicyclic amines) is 1. The van der Waals surface area contributed by atoms with Gasteiger partial charge < -0.3 is 25.0 Å². The van der Waals surface area contributed by atoms with E-state index in [9.17, 15) is 18.0 Å². The highest BCUT2D eigenvalue weighted by atomic mass is 32.2. The lowest BCUT2D eigenvalue weighted by atomic mass is 9.99. The van der Waals surface area contributed by atoms with Gasteiger partial charge in [-0.3, -0.25) is 13.9 Å². The molecule has 1 saturated heterocycles. The zero-order valence-corrected chi connectivity index (χ0v) is 26.1. The van der Waals surface area contributed by atoms with Crippen molar-refractivity contribution in [1.82, 2.24) is 4.90 Å². The van der Waals surface area contributed by atoms with Gasteiger partial charge in [-0.15, -0.1) is 0 Å². The van der Waals surface area contributed by atoms with Crippen molar-refractivity contribution in [3.63, 3.8) is 0 Å². The van der Waals surface area contributed by atoms with E-state index < -0.39 is 10.0 Å². The maximum absolute atomic E-state index is 13.5. The first-order valence-corrected chi connectivity index (χ1v) is 16.7. The summed E-state index contributed by atoms with van der Waals surface area (Å²) < 4.78 is 38.2. The third-order valence-electron chi connectivity index (χ3n) is 7.55. The van der Waals surface area contributed by atoms with Crippen LogP contribution in [0.5, 0.6) is 11.5 Å². The smallest absolute Gasteiger partial charge is 0.258 e. The van der Waals surface area contributed by atoms with Crippen LogP contribution in [0.3, 0.4) is 0 Å². The van der Waals surface area contributed by atoms with Crippen LogP contribution in [0.4, 0.5) is 17.1 Å². The van der Waals surface area contributed by atoms with E-state index in [0.29, 0.717) is 71.7 Å². The minimum Gasteiger partial charge on any atom is -0.490 e. The van der Waals surface area contributed by atoms with Crippen molar-refractivity contribution in [3.05, 3.63) is 77.9 Å². The second-order valence-electron chi connectivity index (χ2n) is 10.7. The largest absolute Gasteiger partial charge is 0.490 e. The standard InChI is InChI=1S/C33H38N4O6S/c1-4-42-28-20-26-27(21-29(28)43-5-2)35-33(39)31(26)32(23-12-8-6-9-13-23)34-24-14-16-25(17-15-24)37(44(3,40)41)22-30(38)36-18-10-7-11-19-36/h6,8-9,12-17,20-21,34H,4-5,7,10-11,18-19,22H2,1-3H3,(H,35,39)/b32-31-. The van der Waals surface area contributed by atoms with Crippen LogP contribution in [-0.4, -0.2) is 64.2 Å². The summed E-state index contributed by atoms with van der Waals surface area (Å²) in [6, 6.07) is 19.9. The first-order valence-electron chi connectivity index (χ1n) is 14.9. The zero-order valence-electron chi connectivity index (χ0n) is 25.3. The van der Waals surface area contributed by atoms with Gasteiger partial charge in [-0.25, -0.2) is 8.42 Å². The summed E-state index contributed by atoms with van der Waals surface area (Å²) in [5, 5.41) is 6.36. The van der Waals surface area contributed by atoms with Gasteiger partial charge in [0, 0.05) is 30.4 Å². The van der Waals surface area contributed by atoms with Crippen molar-refractivity contribution in [3.8, 4) is 11.5 Å². The van der Waals surface area contributed by atoms with Crippen LogP contribution in [0.25, 0.3) is 11.3 Å². The van der Waals surface area contributed by atoms with E-state index in [-0.39, 0.29) is 18.4 Å². The summed E-state index contributed by atoms with van der Waals surface area (Å²) >= 11 is 0. The van der Waals surface area contributed by atoms with Crippen LogP contribution in [0.2, 0.25) is 0 Å². The molecule has 11 heteroatoms. The number of hydrogen-bond donors (Lipinski definition) is 2. The topological polar surface area (TPSA) is 117 Å². The Labute approximate surface area is 258 Å². The minimum absolute atomic E-state index is 0.210. The van der Waals surface area contributed by atoms with Crippen molar-refractivity contribution < 1.29 is 27.5 Å². The lowest BCUT2D eigenvalue weighted by molar-refractivity contribution is -0.130. The predicted molar refractivity (Wildman–Crippen MR) is 173 cm³/mol. The second-order valence-corrected chi connectivity index (χ2v) is 12.6. The van der Waals surface area contributed by atoms with Crippen LogP contribution in [0, 0.1) is 0 Å². The quantitative estimate of drug-likeness (QED) is 0.284. The van der Waals surface area contributed by atoms with Crippen molar-refractivity contribution in [1.29, 1.82) is 0 Å². The first-order chi connectivity index (χ1) is 21.2. The van der Waals surface area contributed by atoms with Gasteiger partial charge in [-0.1, -0.05) is 30.3 Å². The van der Waals surface area contributed by atoms with Gasteiger partial charge in [-0.05, 0) is 69.0 Å². The molecular formula is C33H38N4O6S. The molecule has 3 aromatic rings. The number of hydrogen-bond acceptors (Lipinski definition) is 7. The fourth-order valence-corrected chi connectivity index (χ4v) is 6.32. The molecule has 232 valence electrons. The highest BCUT2D eigenvalue weighted by Crippen LogP contribution is 2.43. The van der Waals surface area contributed by atoms with E-state index in [1.807, 2.05) is 50.2 Å². The Morgan fingerprint density at radius 1 is 0.932 bits per heavy atom. The molecule has 0 bridgehead atoms. The molecule has 3 aromatic carbocycles. The lowest BCUT2D eigenvalue weighted by Gasteiger charge is -2.30. The van der Waals surface area contributed by atoms with E-state index >= 15 is 0 Å². The fourth-order valence-electron chi connectivity index (χ4n) is 5.47. The number of rotatable bonds is 11. The SMILES string of the molecule is CCOc1cc2c(cc1OCC)/C(=C(/Nc1ccc(N(CC(=O)N3CCCCC3)S(C)(=O)=O)cc1)c1ccccc1)C(=O)N2. The Hall–Kier alpha value is -4.51. The molecule has 0 aromatic heterocycles. The number of amides is 2. The van der Waals surface area contributed by atoms with Crippen molar-refractivity contribution in [2.45, 2.75) is 33.1 Å². The monoisotopic (exact) mass is 618 g/mol. The van der Waals surface area contributed by atoms with E-state index in [1.165, 1.54) is 0 Å². The summed E-state index contributed by atoms with van der Waals surface area (Å²) in [6.07, 6.45) is 4.02. The molecule has 0 aliphatic carbocycles. The number of ether oxygens (including phenoxy) is 2. The average Bonchev–Trinajstić information content (AvgIpc) is 3.33. The molecule has 10 nitrogen and oxygen atoms in total. The molecule has 2 aliphatic heterocycles. The molecule has 44 heavy (non-hydrogen) atoms. The molecule has 1 fully saturated rings. The summed E-state index contributed by atoms with van der Waals surface area (Å²) in [4.78, 5) is 28.1. The van der Waals surface area contributed by atoms with Gasteiger partial charge in [0.25, 0.3) is 5.91 Å². The third-order valence-corrected chi connectivity index (χ3v) is 8.69. The van der Waals surface area contributed by atoms with Gasteiger partial charge in [-0.2, -0.15) is 0 Å². The van der Waals surface area contributed by atoms with Gasteiger partial charge >= 0.3 is 0 Å². The number of nitrogens with one attached hydrogen (secondary N) is 2. The van der Waals surface area contributed by atoms with Gasteiger partial charge in [0.1, 0.15) is 6.54 Å². The van der Waals surface area contributed by atoms with E-state index in [4.69, 9.17) is 9.47 Å². The number of fused-ring (bicyclic) bond motifs is 1. The number of nitrogens with zero attached hydrogens (tertiary/aromatic N) is 2. The molecule has 0 atom stereocenters. The van der Waals surface area contributed by atoms with E-state index in [1.54, 1.807) is 35.2 Å². The Balaban J connectivity index is 1.50. The molecular weight excluding hydrogens is 580 g/mol. The van der Waals surface area contributed by atoms with E-state index in [0.717, 1.165) is 35.4 Å². The summed E-state index contributed by atoms with van der Waals surface area (Å²) in [5.74, 6) is 0.601. The highest BCUT2D eigenvalue weighted by Gasteiger charge is 2.31. The Bertz CT molecular complexity index is 1650. The zero-order chi connectivity index (χ0) is 31.3. The maximum atomic E-state index is 13.5. The molecule has 2 aliphatic rings. The van der Waals surface area contributed by atoms with Crippen molar-refractivity contribution >= 4 is 50.2 Å². The number of piperidine rings is 1. The lowest BCUT2D eigenvalue weighted by Crippen LogP contribution is -2.44. The number of carbonyl (C=O) groups is 2. The number of benzene rings is 3. The number of anilines is 3. The highest BCUT2D eigenvalue weighted by molar-refractivity contribution is 7.92. The van der Waals surface area contributed by atoms with E-state index in [2.05, 4.69) is 10.6 Å². The molecule has 2 amide bonds. The normalized spacial score (nSPS) is 15.7. The first kappa shape index (κ1) is 30.9. The molecule has 2 heterocycles. The minimum atomic E-state index is -3.72. The summed E-state index contributed by atoms with van der Waals surface area (Å²) in [7, 11) is -3.72. The molecule has 2 N–H and O–H groups in total. The predicted octanol–water partition coefficient (Wildman–Crippen LogP) is 5.20. The molecule has 5 rings (SSSR count). The van der Waals surface area contributed by atoms with Crippen molar-refractivity contribution in [2.75, 3.05) is 54.0 Å². The maximum Gasteiger partial charge on any atom is 0.258 e. The van der Waals surface area contributed by atoms with Gasteiger partial charge in [0.15, 0.2) is 11.5 Å².